The van der Waals surface area contributed by atoms with E-state index in [-0.39, 0.29) is 5.91 Å². The molecule has 0 aliphatic rings. The van der Waals surface area contributed by atoms with Crippen LogP contribution in [0.2, 0.25) is 0 Å². The Balaban J connectivity index is 2.03. The summed E-state index contributed by atoms with van der Waals surface area (Å²) in [5.74, 6) is 0.0280. The Kier molecular flexibility index (Phi) is 4.74. The van der Waals surface area contributed by atoms with Crippen LogP contribution in [0.3, 0.4) is 0 Å². The molecule has 0 aliphatic heterocycles. The Hall–Kier alpha value is -1.88. The predicted molar refractivity (Wildman–Crippen MR) is 84.3 cm³/mol. The maximum Gasteiger partial charge on any atom is 0.225 e. The second-order valence-electron chi connectivity index (χ2n) is 4.55. The number of rotatable bonds is 5. The second-order valence-corrected chi connectivity index (χ2v) is 5.39. The number of hydrogen-bond donors (Lipinski definition) is 1. The van der Waals surface area contributed by atoms with Crippen molar-refractivity contribution in [2.24, 2.45) is 0 Å². The van der Waals surface area contributed by atoms with Crippen LogP contribution in [0.1, 0.15) is 25.1 Å². The van der Waals surface area contributed by atoms with Crippen molar-refractivity contribution < 1.29 is 4.79 Å². The molecule has 1 amide bonds. The van der Waals surface area contributed by atoms with E-state index in [2.05, 4.69) is 29.4 Å². The van der Waals surface area contributed by atoms with Crippen LogP contribution < -0.4 is 10.2 Å². The number of para-hydroxylation sites is 1. The van der Waals surface area contributed by atoms with Gasteiger partial charge in [0.05, 0.1) is 12.2 Å². The molecule has 0 radical (unpaired) electrons. The van der Waals surface area contributed by atoms with Crippen LogP contribution in [0, 0.1) is 6.92 Å². The number of nitrogens with one attached hydrogen (secondary N) is 1. The van der Waals surface area contributed by atoms with Crippen molar-refractivity contribution in [2.45, 2.75) is 27.3 Å². The maximum absolute atomic E-state index is 11.5. The Morgan fingerprint density at radius 2 is 2.15 bits per heavy atom. The number of amides is 1. The summed E-state index contributed by atoms with van der Waals surface area (Å²) in [7, 11) is 0. The van der Waals surface area contributed by atoms with E-state index in [1.807, 2.05) is 24.4 Å². The van der Waals surface area contributed by atoms with Crippen molar-refractivity contribution in [1.82, 2.24) is 4.98 Å². The zero-order chi connectivity index (χ0) is 14.5. The fraction of sp³-hybridized carbons (Fsp3) is 0.333. The number of nitrogens with zero attached hydrogens (tertiary/aromatic N) is 2. The van der Waals surface area contributed by atoms with Crippen molar-refractivity contribution >= 4 is 28.1 Å². The van der Waals surface area contributed by atoms with Crippen molar-refractivity contribution in [1.29, 1.82) is 0 Å². The molecule has 20 heavy (non-hydrogen) atoms. The van der Waals surface area contributed by atoms with Gasteiger partial charge in [0.15, 0.2) is 5.13 Å². The molecule has 1 aromatic heterocycles. The highest BCUT2D eigenvalue weighted by Crippen LogP contribution is 2.22. The SMILES string of the molecule is CCN(C(C)=O)c1nc(CNc2ccccc2C)cs1. The number of aromatic nitrogens is 1. The number of thiazole rings is 1. The van der Waals surface area contributed by atoms with Crippen LogP contribution >= 0.6 is 11.3 Å². The third kappa shape index (κ3) is 3.36. The molecule has 0 saturated carbocycles. The van der Waals surface area contributed by atoms with Gasteiger partial charge in [0.1, 0.15) is 0 Å². The van der Waals surface area contributed by atoms with Gasteiger partial charge in [-0.1, -0.05) is 18.2 Å². The third-order valence-electron chi connectivity index (χ3n) is 3.07. The van der Waals surface area contributed by atoms with Gasteiger partial charge < -0.3 is 5.32 Å². The van der Waals surface area contributed by atoms with Crippen LogP contribution in [0.25, 0.3) is 0 Å². The molecule has 106 valence electrons. The molecule has 1 N–H and O–H groups in total. The molecule has 4 nitrogen and oxygen atoms in total. The zero-order valence-electron chi connectivity index (χ0n) is 12.0. The molecule has 2 rings (SSSR count). The normalized spacial score (nSPS) is 10.3. The third-order valence-corrected chi connectivity index (χ3v) is 3.98. The monoisotopic (exact) mass is 289 g/mol. The molecule has 1 aromatic carbocycles. The fourth-order valence-corrected chi connectivity index (χ4v) is 2.88. The average molecular weight is 289 g/mol. The highest BCUT2D eigenvalue weighted by molar-refractivity contribution is 7.14. The average Bonchev–Trinajstić information content (AvgIpc) is 2.87. The molecule has 2 aromatic rings. The van der Waals surface area contributed by atoms with E-state index < -0.39 is 0 Å². The van der Waals surface area contributed by atoms with E-state index in [1.165, 1.54) is 16.9 Å². The smallest absolute Gasteiger partial charge is 0.225 e. The van der Waals surface area contributed by atoms with E-state index in [0.29, 0.717) is 13.1 Å². The topological polar surface area (TPSA) is 45.2 Å². The predicted octanol–water partition coefficient (Wildman–Crippen LogP) is 3.44. The van der Waals surface area contributed by atoms with Gasteiger partial charge in [-0.15, -0.1) is 11.3 Å². The standard InChI is InChI=1S/C15H19N3OS/c1-4-18(12(3)19)15-17-13(10-20-15)9-16-14-8-6-5-7-11(14)2/h5-8,10,16H,4,9H2,1-3H3. The van der Waals surface area contributed by atoms with Gasteiger partial charge in [0.25, 0.3) is 0 Å². The Labute approximate surface area is 123 Å². The lowest BCUT2D eigenvalue weighted by Crippen LogP contribution is -2.27. The van der Waals surface area contributed by atoms with Crippen LogP contribution in [-0.4, -0.2) is 17.4 Å². The summed E-state index contributed by atoms with van der Waals surface area (Å²) < 4.78 is 0. The largest absolute Gasteiger partial charge is 0.379 e. The van der Waals surface area contributed by atoms with Crippen molar-refractivity contribution in [3.63, 3.8) is 0 Å². The van der Waals surface area contributed by atoms with Gasteiger partial charge in [0, 0.05) is 24.5 Å². The number of carbonyl (C=O) groups excluding carboxylic acids is 1. The van der Waals surface area contributed by atoms with E-state index >= 15 is 0 Å². The minimum atomic E-state index is 0.0280. The quantitative estimate of drug-likeness (QED) is 0.917. The fourth-order valence-electron chi connectivity index (χ4n) is 1.95. The van der Waals surface area contributed by atoms with Crippen LogP contribution in [0.5, 0.6) is 0 Å². The van der Waals surface area contributed by atoms with Crippen molar-refractivity contribution in [3.8, 4) is 0 Å². The minimum absolute atomic E-state index is 0.0280. The molecule has 0 aliphatic carbocycles. The Bertz CT molecular complexity index is 594. The molecule has 0 atom stereocenters. The van der Waals surface area contributed by atoms with Crippen molar-refractivity contribution in [3.05, 3.63) is 40.9 Å². The lowest BCUT2D eigenvalue weighted by Gasteiger charge is -2.14. The van der Waals surface area contributed by atoms with E-state index in [9.17, 15) is 4.79 Å². The lowest BCUT2D eigenvalue weighted by atomic mass is 10.2. The Morgan fingerprint density at radius 3 is 2.80 bits per heavy atom. The zero-order valence-corrected chi connectivity index (χ0v) is 12.8. The number of aryl methyl sites for hydroxylation is 1. The summed E-state index contributed by atoms with van der Waals surface area (Å²) in [4.78, 5) is 17.7. The number of benzene rings is 1. The van der Waals surface area contributed by atoms with Crippen molar-refractivity contribution in [2.75, 3.05) is 16.8 Å². The first kappa shape index (κ1) is 14.5. The van der Waals surface area contributed by atoms with Gasteiger partial charge in [0.2, 0.25) is 5.91 Å². The first-order valence-electron chi connectivity index (χ1n) is 6.63. The molecule has 1 heterocycles. The summed E-state index contributed by atoms with van der Waals surface area (Å²) >= 11 is 1.50. The summed E-state index contributed by atoms with van der Waals surface area (Å²) in [5.41, 5.74) is 3.27. The van der Waals surface area contributed by atoms with Gasteiger partial charge >= 0.3 is 0 Å². The minimum Gasteiger partial charge on any atom is -0.379 e. The summed E-state index contributed by atoms with van der Waals surface area (Å²) in [5, 5.41) is 6.13. The van der Waals surface area contributed by atoms with Crippen LogP contribution in [0.15, 0.2) is 29.6 Å². The number of hydrogen-bond acceptors (Lipinski definition) is 4. The van der Waals surface area contributed by atoms with E-state index in [4.69, 9.17) is 0 Å². The maximum atomic E-state index is 11.5. The first-order valence-corrected chi connectivity index (χ1v) is 7.51. The summed E-state index contributed by atoms with van der Waals surface area (Å²) in [6, 6.07) is 8.16. The summed E-state index contributed by atoms with van der Waals surface area (Å²) in [6.45, 7) is 6.90. The number of carbonyl (C=O) groups is 1. The highest BCUT2D eigenvalue weighted by atomic mass is 32.1. The van der Waals surface area contributed by atoms with Crippen LogP contribution in [0.4, 0.5) is 10.8 Å². The molecule has 0 spiro atoms. The number of anilines is 2. The first-order chi connectivity index (χ1) is 9.61. The molecular weight excluding hydrogens is 270 g/mol. The summed E-state index contributed by atoms with van der Waals surface area (Å²) in [6.07, 6.45) is 0. The Morgan fingerprint density at radius 1 is 1.40 bits per heavy atom. The van der Waals surface area contributed by atoms with Gasteiger partial charge in [-0.05, 0) is 25.5 Å². The van der Waals surface area contributed by atoms with E-state index in [0.717, 1.165) is 16.5 Å². The van der Waals surface area contributed by atoms with Crippen LogP contribution in [-0.2, 0) is 11.3 Å². The van der Waals surface area contributed by atoms with Gasteiger partial charge in [-0.2, -0.15) is 0 Å². The molecule has 5 heteroatoms. The lowest BCUT2D eigenvalue weighted by molar-refractivity contribution is -0.116. The highest BCUT2D eigenvalue weighted by Gasteiger charge is 2.13. The van der Waals surface area contributed by atoms with Gasteiger partial charge in [-0.3, -0.25) is 9.69 Å². The second kappa shape index (κ2) is 6.52. The molecule has 0 unspecified atom stereocenters. The molecule has 0 saturated heterocycles. The molecule has 0 bridgehead atoms. The van der Waals surface area contributed by atoms with E-state index in [1.54, 1.807) is 11.8 Å². The van der Waals surface area contributed by atoms with Gasteiger partial charge in [-0.25, -0.2) is 4.98 Å². The molecule has 0 fully saturated rings. The molecular formula is C15H19N3OS.